The number of carbonyl (C=O) groups excluding carboxylic acids is 4. The topological polar surface area (TPSA) is 137 Å². The highest BCUT2D eigenvalue weighted by Gasteiger charge is 2.34. The Morgan fingerprint density at radius 1 is 1.03 bits per heavy atom. The third kappa shape index (κ3) is 10.5. The standard InChI is InChI=1S/C22H33N3O6/c1-21(2,3)31-19(28)22(4,5)14-24-18(27)16(11-12-17(23)26)25-20(29)30-13-15-9-7-6-8-10-15/h6-10,16H,11-14H2,1-5H3,(H2,23,26)(H,24,27)(H,25,29)/t16-/m0/s1. The normalized spacial score (nSPS) is 12.4. The SMILES string of the molecule is CC(C)(C)OC(=O)C(C)(C)CNC(=O)[C@H](CCC(N)=O)NC(=O)OCc1ccccc1. The highest BCUT2D eigenvalue weighted by atomic mass is 16.6. The highest BCUT2D eigenvalue weighted by Crippen LogP contribution is 2.20. The quantitative estimate of drug-likeness (QED) is 0.481. The van der Waals surface area contributed by atoms with E-state index in [1.807, 2.05) is 18.2 Å². The molecule has 0 unspecified atom stereocenters. The van der Waals surface area contributed by atoms with E-state index in [1.54, 1.807) is 46.8 Å². The van der Waals surface area contributed by atoms with Crippen LogP contribution in [0.4, 0.5) is 4.79 Å². The lowest BCUT2D eigenvalue weighted by Gasteiger charge is -2.29. The van der Waals surface area contributed by atoms with Crippen LogP contribution in [0.15, 0.2) is 30.3 Å². The van der Waals surface area contributed by atoms with Crippen LogP contribution in [-0.4, -0.2) is 42.1 Å². The summed E-state index contributed by atoms with van der Waals surface area (Å²) in [6.07, 6.45) is -0.916. The summed E-state index contributed by atoms with van der Waals surface area (Å²) in [4.78, 5) is 48.3. The summed E-state index contributed by atoms with van der Waals surface area (Å²) in [5.74, 6) is -1.63. The number of benzene rings is 1. The fourth-order valence-electron chi connectivity index (χ4n) is 2.38. The molecular formula is C22H33N3O6. The lowest BCUT2D eigenvalue weighted by atomic mass is 9.93. The van der Waals surface area contributed by atoms with E-state index in [0.29, 0.717) is 0 Å². The molecule has 3 amide bonds. The van der Waals surface area contributed by atoms with Gasteiger partial charge in [-0.1, -0.05) is 30.3 Å². The number of hydrogen-bond acceptors (Lipinski definition) is 6. The average molecular weight is 436 g/mol. The predicted molar refractivity (Wildman–Crippen MR) is 115 cm³/mol. The van der Waals surface area contributed by atoms with Crippen LogP contribution in [0.2, 0.25) is 0 Å². The number of esters is 1. The summed E-state index contributed by atoms with van der Waals surface area (Å²) in [6.45, 7) is 8.55. The van der Waals surface area contributed by atoms with Crippen molar-refractivity contribution in [3.63, 3.8) is 0 Å². The minimum Gasteiger partial charge on any atom is -0.460 e. The second-order valence-electron chi connectivity index (χ2n) is 8.87. The molecule has 0 fully saturated rings. The smallest absolute Gasteiger partial charge is 0.408 e. The molecule has 31 heavy (non-hydrogen) atoms. The summed E-state index contributed by atoms with van der Waals surface area (Å²) < 4.78 is 10.5. The fourth-order valence-corrected chi connectivity index (χ4v) is 2.38. The zero-order valence-corrected chi connectivity index (χ0v) is 18.8. The van der Waals surface area contributed by atoms with E-state index in [9.17, 15) is 19.2 Å². The summed E-state index contributed by atoms with van der Waals surface area (Å²) in [7, 11) is 0. The third-order valence-electron chi connectivity index (χ3n) is 4.16. The number of alkyl carbamates (subject to hydrolysis) is 1. The van der Waals surface area contributed by atoms with Gasteiger partial charge in [-0.15, -0.1) is 0 Å². The zero-order valence-electron chi connectivity index (χ0n) is 18.8. The van der Waals surface area contributed by atoms with Crippen molar-refractivity contribution >= 4 is 23.9 Å². The molecule has 4 N–H and O–H groups in total. The lowest BCUT2D eigenvalue weighted by Crippen LogP contribution is -2.50. The number of amides is 3. The van der Waals surface area contributed by atoms with Gasteiger partial charge in [0.1, 0.15) is 18.2 Å². The molecule has 0 saturated carbocycles. The number of hydrogen-bond donors (Lipinski definition) is 3. The first-order valence-corrected chi connectivity index (χ1v) is 10.1. The third-order valence-corrected chi connectivity index (χ3v) is 4.16. The van der Waals surface area contributed by atoms with Gasteiger partial charge in [-0.05, 0) is 46.6 Å². The van der Waals surface area contributed by atoms with Crippen molar-refractivity contribution in [2.24, 2.45) is 11.1 Å². The number of primary amides is 1. The first-order chi connectivity index (χ1) is 14.3. The van der Waals surface area contributed by atoms with Crippen molar-refractivity contribution in [3.05, 3.63) is 35.9 Å². The number of ether oxygens (including phenoxy) is 2. The van der Waals surface area contributed by atoms with E-state index < -0.39 is 40.9 Å². The van der Waals surface area contributed by atoms with Crippen LogP contribution in [0, 0.1) is 5.41 Å². The van der Waals surface area contributed by atoms with Crippen molar-refractivity contribution in [2.45, 2.75) is 65.7 Å². The van der Waals surface area contributed by atoms with E-state index in [4.69, 9.17) is 15.2 Å². The Morgan fingerprint density at radius 3 is 2.19 bits per heavy atom. The molecule has 0 aliphatic rings. The monoisotopic (exact) mass is 435 g/mol. The maximum Gasteiger partial charge on any atom is 0.408 e. The molecule has 1 aromatic rings. The molecule has 0 aromatic heterocycles. The maximum absolute atomic E-state index is 12.6. The molecular weight excluding hydrogens is 402 g/mol. The van der Waals surface area contributed by atoms with Gasteiger partial charge in [0.2, 0.25) is 11.8 Å². The number of nitrogens with one attached hydrogen (secondary N) is 2. The summed E-state index contributed by atoms with van der Waals surface area (Å²) in [5, 5.41) is 5.08. The molecule has 9 nitrogen and oxygen atoms in total. The van der Waals surface area contributed by atoms with Crippen molar-refractivity contribution in [1.29, 1.82) is 0 Å². The summed E-state index contributed by atoms with van der Waals surface area (Å²) in [6, 6.07) is 8.00. The molecule has 0 heterocycles. The first-order valence-electron chi connectivity index (χ1n) is 10.1. The van der Waals surface area contributed by atoms with Gasteiger partial charge in [-0.25, -0.2) is 4.79 Å². The summed E-state index contributed by atoms with van der Waals surface area (Å²) >= 11 is 0. The van der Waals surface area contributed by atoms with Gasteiger partial charge in [-0.3, -0.25) is 14.4 Å². The predicted octanol–water partition coefficient (Wildman–Crippen LogP) is 2.03. The minimum atomic E-state index is -1.05. The van der Waals surface area contributed by atoms with Crippen LogP contribution in [0.1, 0.15) is 53.0 Å². The van der Waals surface area contributed by atoms with Gasteiger partial charge < -0.3 is 25.8 Å². The van der Waals surface area contributed by atoms with E-state index in [0.717, 1.165) is 5.56 Å². The van der Waals surface area contributed by atoms with Crippen molar-refractivity contribution in [3.8, 4) is 0 Å². The Kier molecular flexibility index (Phi) is 9.48. The van der Waals surface area contributed by atoms with E-state index in [1.165, 1.54) is 0 Å². The van der Waals surface area contributed by atoms with E-state index >= 15 is 0 Å². The Labute approximate surface area is 183 Å². The van der Waals surface area contributed by atoms with Gasteiger partial charge in [-0.2, -0.15) is 0 Å². The number of carbonyl (C=O) groups is 4. The number of rotatable bonds is 10. The van der Waals surface area contributed by atoms with Crippen molar-refractivity contribution in [2.75, 3.05) is 6.54 Å². The van der Waals surface area contributed by atoms with Crippen LogP contribution in [-0.2, 0) is 30.5 Å². The van der Waals surface area contributed by atoms with Crippen LogP contribution in [0.3, 0.4) is 0 Å². The van der Waals surface area contributed by atoms with Crippen molar-refractivity contribution < 1.29 is 28.7 Å². The molecule has 0 saturated heterocycles. The highest BCUT2D eigenvalue weighted by molar-refractivity contribution is 5.87. The second-order valence-corrected chi connectivity index (χ2v) is 8.87. The number of nitrogens with two attached hydrogens (primary N) is 1. The largest absolute Gasteiger partial charge is 0.460 e. The summed E-state index contributed by atoms with van der Waals surface area (Å²) in [5.41, 5.74) is 4.30. The molecule has 172 valence electrons. The van der Waals surface area contributed by atoms with Crippen LogP contribution in [0.25, 0.3) is 0 Å². The van der Waals surface area contributed by atoms with Gasteiger partial charge in [0, 0.05) is 13.0 Å². The van der Waals surface area contributed by atoms with Gasteiger partial charge in [0.05, 0.1) is 5.41 Å². The van der Waals surface area contributed by atoms with E-state index in [2.05, 4.69) is 10.6 Å². The molecule has 0 spiro atoms. The van der Waals surface area contributed by atoms with Gasteiger partial charge in [0.15, 0.2) is 0 Å². The zero-order chi connectivity index (χ0) is 23.7. The minimum absolute atomic E-state index is 0.00549. The second kappa shape index (κ2) is 11.3. The Hall–Kier alpha value is -3.10. The van der Waals surface area contributed by atoms with Crippen molar-refractivity contribution in [1.82, 2.24) is 10.6 Å². The molecule has 9 heteroatoms. The molecule has 1 rings (SSSR count). The van der Waals surface area contributed by atoms with Gasteiger partial charge >= 0.3 is 12.1 Å². The molecule has 0 bridgehead atoms. The Morgan fingerprint density at radius 2 is 1.65 bits per heavy atom. The maximum atomic E-state index is 12.6. The van der Waals surface area contributed by atoms with Gasteiger partial charge in [0.25, 0.3) is 0 Å². The molecule has 0 radical (unpaired) electrons. The average Bonchev–Trinajstić information content (AvgIpc) is 2.67. The lowest BCUT2D eigenvalue weighted by molar-refractivity contribution is -0.165. The Balaban J connectivity index is 2.68. The van der Waals surface area contributed by atoms with E-state index in [-0.39, 0.29) is 26.0 Å². The Bertz CT molecular complexity index is 771. The molecule has 0 aliphatic carbocycles. The van der Waals surface area contributed by atoms with Crippen LogP contribution < -0.4 is 16.4 Å². The first kappa shape index (κ1) is 25.9. The molecule has 0 aliphatic heterocycles. The fraction of sp³-hybridized carbons (Fsp3) is 0.545. The van der Waals surface area contributed by atoms with Crippen LogP contribution >= 0.6 is 0 Å². The molecule has 1 atom stereocenters. The molecule has 1 aromatic carbocycles. The van der Waals surface area contributed by atoms with Crippen LogP contribution in [0.5, 0.6) is 0 Å².